The minimum Gasteiger partial charge on any atom is -0.439 e. The van der Waals surface area contributed by atoms with Crippen LogP contribution in [0.4, 0.5) is 0 Å². The number of amides is 1. The van der Waals surface area contributed by atoms with Crippen LogP contribution in [0.1, 0.15) is 37.4 Å². The first-order chi connectivity index (χ1) is 14.1. The van der Waals surface area contributed by atoms with Crippen LogP contribution < -0.4 is 4.74 Å². The third kappa shape index (κ3) is 4.30. The molecule has 5 nitrogen and oxygen atoms in total. The summed E-state index contributed by atoms with van der Waals surface area (Å²) in [6.45, 7) is 4.37. The molecule has 0 bridgehead atoms. The Morgan fingerprint density at radius 2 is 1.86 bits per heavy atom. The number of carbonyl (C=O) groups is 1. The van der Waals surface area contributed by atoms with Crippen molar-refractivity contribution in [1.29, 1.82) is 0 Å². The minimum absolute atomic E-state index is 0.164. The van der Waals surface area contributed by atoms with E-state index in [0.717, 1.165) is 29.8 Å². The second-order valence-corrected chi connectivity index (χ2v) is 7.72. The van der Waals surface area contributed by atoms with Crippen molar-refractivity contribution in [2.75, 3.05) is 0 Å². The third-order valence-corrected chi connectivity index (χ3v) is 5.36. The molecule has 1 saturated carbocycles. The third-order valence-electron chi connectivity index (χ3n) is 5.11. The Bertz CT molecular complexity index is 995. The van der Waals surface area contributed by atoms with Crippen molar-refractivity contribution in [3.63, 3.8) is 0 Å². The normalized spacial score (nSPS) is 13.3. The van der Waals surface area contributed by atoms with E-state index >= 15 is 0 Å². The van der Waals surface area contributed by atoms with Gasteiger partial charge in [0.2, 0.25) is 11.8 Å². The Hall–Kier alpha value is -2.79. The molecule has 29 heavy (non-hydrogen) atoms. The minimum atomic E-state index is 0.164. The Morgan fingerprint density at radius 3 is 2.48 bits per heavy atom. The standard InChI is InChI=1S/C23H24ClN3O2/c1-3-22(28)26(18-11-12-18)15-21-16(2)25-27(19-7-5-4-6-8-19)23(21)29-20-13-9-17(24)10-14-20/h4-10,13-14,18H,3,11-12,15H2,1-2H3. The molecular weight excluding hydrogens is 386 g/mol. The number of para-hydroxylation sites is 1. The van der Waals surface area contributed by atoms with E-state index in [1.165, 1.54) is 0 Å². The van der Waals surface area contributed by atoms with Crippen molar-refractivity contribution >= 4 is 17.5 Å². The summed E-state index contributed by atoms with van der Waals surface area (Å²) in [4.78, 5) is 14.5. The van der Waals surface area contributed by atoms with Gasteiger partial charge in [-0.3, -0.25) is 4.79 Å². The fraction of sp³-hybridized carbons (Fsp3) is 0.304. The van der Waals surface area contributed by atoms with Crippen molar-refractivity contribution in [2.45, 2.75) is 45.7 Å². The zero-order valence-electron chi connectivity index (χ0n) is 16.6. The maximum absolute atomic E-state index is 12.5. The zero-order chi connectivity index (χ0) is 20.4. The molecule has 0 spiro atoms. The second-order valence-electron chi connectivity index (χ2n) is 7.28. The summed E-state index contributed by atoms with van der Waals surface area (Å²) in [6, 6.07) is 17.5. The van der Waals surface area contributed by atoms with Crippen molar-refractivity contribution in [3.05, 3.63) is 70.9 Å². The van der Waals surface area contributed by atoms with E-state index in [0.29, 0.717) is 35.7 Å². The Balaban J connectivity index is 1.76. The summed E-state index contributed by atoms with van der Waals surface area (Å²) >= 11 is 6.02. The Morgan fingerprint density at radius 1 is 1.17 bits per heavy atom. The monoisotopic (exact) mass is 409 g/mol. The highest BCUT2D eigenvalue weighted by Crippen LogP contribution is 2.35. The average molecular weight is 410 g/mol. The van der Waals surface area contributed by atoms with Crippen LogP contribution >= 0.6 is 11.6 Å². The number of halogens is 1. The quantitative estimate of drug-likeness (QED) is 0.515. The number of rotatable bonds is 7. The molecule has 0 radical (unpaired) electrons. The Labute approximate surface area is 175 Å². The van der Waals surface area contributed by atoms with Crippen molar-refractivity contribution in [3.8, 4) is 17.3 Å². The number of ether oxygens (including phenoxy) is 1. The molecule has 1 aromatic heterocycles. The summed E-state index contributed by atoms with van der Waals surface area (Å²) in [7, 11) is 0. The molecular formula is C23H24ClN3O2. The topological polar surface area (TPSA) is 47.4 Å². The maximum Gasteiger partial charge on any atom is 0.227 e. The highest BCUT2D eigenvalue weighted by Gasteiger charge is 2.33. The first kappa shape index (κ1) is 19.5. The van der Waals surface area contributed by atoms with E-state index in [-0.39, 0.29) is 5.91 Å². The predicted octanol–water partition coefficient (Wildman–Crippen LogP) is 5.53. The van der Waals surface area contributed by atoms with Gasteiger partial charge < -0.3 is 9.64 Å². The van der Waals surface area contributed by atoms with Crippen molar-refractivity contribution in [2.24, 2.45) is 0 Å². The van der Waals surface area contributed by atoms with Gasteiger partial charge in [0.15, 0.2) is 0 Å². The van der Waals surface area contributed by atoms with Crippen LogP contribution in [0.15, 0.2) is 54.6 Å². The van der Waals surface area contributed by atoms with Crippen LogP contribution in [-0.2, 0) is 11.3 Å². The SMILES string of the molecule is CCC(=O)N(Cc1c(C)nn(-c2ccccc2)c1Oc1ccc(Cl)cc1)C1CC1. The number of aryl methyl sites for hydroxylation is 1. The molecule has 150 valence electrons. The fourth-order valence-corrected chi connectivity index (χ4v) is 3.49. The summed E-state index contributed by atoms with van der Waals surface area (Å²) < 4.78 is 8.10. The van der Waals surface area contributed by atoms with Gasteiger partial charge in [-0.05, 0) is 56.2 Å². The molecule has 0 unspecified atom stereocenters. The summed E-state index contributed by atoms with van der Waals surface area (Å²) in [5.74, 6) is 1.47. The highest BCUT2D eigenvalue weighted by molar-refractivity contribution is 6.30. The predicted molar refractivity (Wildman–Crippen MR) is 114 cm³/mol. The van der Waals surface area contributed by atoms with Gasteiger partial charge in [-0.15, -0.1) is 0 Å². The van der Waals surface area contributed by atoms with Crippen LogP contribution in [0.3, 0.4) is 0 Å². The van der Waals surface area contributed by atoms with Crippen LogP contribution in [0.25, 0.3) is 5.69 Å². The number of hydrogen-bond donors (Lipinski definition) is 0. The van der Waals surface area contributed by atoms with Crippen LogP contribution in [-0.4, -0.2) is 26.6 Å². The molecule has 6 heteroatoms. The van der Waals surface area contributed by atoms with E-state index in [1.54, 1.807) is 16.8 Å². The molecule has 3 aromatic rings. The van der Waals surface area contributed by atoms with Gasteiger partial charge in [0.1, 0.15) is 5.75 Å². The lowest BCUT2D eigenvalue weighted by molar-refractivity contribution is -0.132. The summed E-state index contributed by atoms with van der Waals surface area (Å²) in [5, 5.41) is 5.39. The molecule has 1 fully saturated rings. The van der Waals surface area contributed by atoms with E-state index in [1.807, 2.05) is 61.2 Å². The van der Waals surface area contributed by atoms with Gasteiger partial charge in [0, 0.05) is 17.5 Å². The lowest BCUT2D eigenvalue weighted by atomic mass is 10.2. The van der Waals surface area contributed by atoms with Gasteiger partial charge in [-0.2, -0.15) is 5.10 Å². The van der Waals surface area contributed by atoms with Crippen LogP contribution in [0.2, 0.25) is 5.02 Å². The molecule has 0 aliphatic heterocycles. The average Bonchev–Trinajstić information content (AvgIpc) is 3.53. The molecule has 1 aliphatic carbocycles. The first-order valence-electron chi connectivity index (χ1n) is 9.93. The lowest BCUT2D eigenvalue weighted by Crippen LogP contribution is -2.32. The molecule has 0 atom stereocenters. The zero-order valence-corrected chi connectivity index (χ0v) is 17.4. The van der Waals surface area contributed by atoms with E-state index in [2.05, 4.69) is 0 Å². The van der Waals surface area contributed by atoms with Gasteiger partial charge in [0.05, 0.1) is 23.5 Å². The van der Waals surface area contributed by atoms with Crippen LogP contribution in [0, 0.1) is 6.92 Å². The van der Waals surface area contributed by atoms with Gasteiger partial charge in [-0.1, -0.05) is 36.7 Å². The van der Waals surface area contributed by atoms with E-state index < -0.39 is 0 Å². The largest absolute Gasteiger partial charge is 0.439 e. The summed E-state index contributed by atoms with van der Waals surface area (Å²) in [5.41, 5.74) is 2.69. The number of hydrogen-bond acceptors (Lipinski definition) is 3. The lowest BCUT2D eigenvalue weighted by Gasteiger charge is -2.22. The number of benzene rings is 2. The highest BCUT2D eigenvalue weighted by atomic mass is 35.5. The number of carbonyl (C=O) groups excluding carboxylic acids is 1. The van der Waals surface area contributed by atoms with E-state index in [9.17, 15) is 4.79 Å². The van der Waals surface area contributed by atoms with Crippen LogP contribution in [0.5, 0.6) is 11.6 Å². The summed E-state index contributed by atoms with van der Waals surface area (Å²) in [6.07, 6.45) is 2.62. The van der Waals surface area contributed by atoms with Crippen molar-refractivity contribution in [1.82, 2.24) is 14.7 Å². The first-order valence-corrected chi connectivity index (χ1v) is 10.3. The van der Waals surface area contributed by atoms with Gasteiger partial charge >= 0.3 is 0 Å². The molecule has 0 N–H and O–H groups in total. The molecule has 0 saturated heterocycles. The van der Waals surface area contributed by atoms with E-state index in [4.69, 9.17) is 21.4 Å². The number of aromatic nitrogens is 2. The molecule has 2 aromatic carbocycles. The van der Waals surface area contributed by atoms with Gasteiger partial charge in [-0.25, -0.2) is 4.68 Å². The Kier molecular flexibility index (Phi) is 5.58. The molecule has 1 heterocycles. The van der Waals surface area contributed by atoms with Gasteiger partial charge in [0.25, 0.3) is 0 Å². The second kappa shape index (κ2) is 8.29. The maximum atomic E-state index is 12.5. The fourth-order valence-electron chi connectivity index (χ4n) is 3.36. The molecule has 1 aliphatic rings. The number of nitrogens with zero attached hydrogens (tertiary/aromatic N) is 3. The molecule has 1 amide bonds. The smallest absolute Gasteiger partial charge is 0.227 e. The van der Waals surface area contributed by atoms with Crippen molar-refractivity contribution < 1.29 is 9.53 Å². The molecule has 4 rings (SSSR count).